The normalized spacial score (nSPS) is 11.7. The van der Waals surface area contributed by atoms with E-state index in [1.807, 2.05) is 0 Å². The lowest BCUT2D eigenvalue weighted by atomic mass is 10.2. The minimum atomic E-state index is -3.47. The molecule has 0 aliphatic heterocycles. The Morgan fingerprint density at radius 3 is 2.71 bits per heavy atom. The molecule has 3 heterocycles. The molecule has 126 valence electrons. The third-order valence-corrected chi connectivity index (χ3v) is 4.75. The number of aromatic nitrogens is 4. The number of halogens is 1. The van der Waals surface area contributed by atoms with Crippen LogP contribution in [0.25, 0.3) is 20.9 Å². The van der Waals surface area contributed by atoms with Crippen molar-refractivity contribution >= 4 is 49.0 Å². The highest BCUT2D eigenvalue weighted by Gasteiger charge is 2.15. The van der Waals surface area contributed by atoms with Crippen LogP contribution in [0.1, 0.15) is 5.69 Å². The average molecular weight is 386 g/mol. The molecule has 0 spiro atoms. The van der Waals surface area contributed by atoms with Crippen LogP contribution < -0.4 is 9.46 Å². The Hall–Kier alpha value is -2.04. The van der Waals surface area contributed by atoms with Crippen molar-refractivity contribution in [2.75, 3.05) is 18.1 Å². The van der Waals surface area contributed by atoms with E-state index in [4.69, 9.17) is 16.3 Å². The van der Waals surface area contributed by atoms with Gasteiger partial charge in [-0.05, 0) is 24.6 Å². The van der Waals surface area contributed by atoms with Crippen molar-refractivity contribution in [1.29, 1.82) is 0 Å². The zero-order valence-electron chi connectivity index (χ0n) is 12.9. The lowest BCUT2D eigenvalue weighted by Crippen LogP contribution is -2.11. The van der Waals surface area contributed by atoms with Crippen LogP contribution in [0.2, 0.25) is 5.28 Å². The summed E-state index contributed by atoms with van der Waals surface area (Å²) in [5.41, 5.74) is 2.18. The molecular formula is C13H12ClN5O3S2. The van der Waals surface area contributed by atoms with Gasteiger partial charge in [-0.3, -0.25) is 4.72 Å². The Morgan fingerprint density at radius 1 is 1.29 bits per heavy atom. The number of nitrogens with one attached hydrogen (secondary N) is 1. The second kappa shape index (κ2) is 6.11. The van der Waals surface area contributed by atoms with Crippen molar-refractivity contribution in [2.24, 2.45) is 0 Å². The number of rotatable bonds is 4. The molecule has 0 saturated heterocycles. The predicted molar refractivity (Wildman–Crippen MR) is 93.2 cm³/mol. The molecule has 1 N–H and O–H groups in total. The summed E-state index contributed by atoms with van der Waals surface area (Å²) in [7, 11) is -2.06. The topological polar surface area (TPSA) is 107 Å². The van der Waals surface area contributed by atoms with Crippen LogP contribution in [-0.4, -0.2) is 41.7 Å². The molecule has 3 aromatic rings. The van der Waals surface area contributed by atoms with Crippen LogP contribution in [0.4, 0.5) is 5.69 Å². The fourth-order valence-electron chi connectivity index (χ4n) is 2.05. The largest absolute Gasteiger partial charge is 0.480 e. The molecule has 8 nitrogen and oxygen atoms in total. The zero-order chi connectivity index (χ0) is 17.5. The van der Waals surface area contributed by atoms with E-state index in [0.717, 1.165) is 6.26 Å². The number of sulfonamides is 1. The third kappa shape index (κ3) is 3.40. The third-order valence-electron chi connectivity index (χ3n) is 2.99. The highest BCUT2D eigenvalue weighted by atomic mass is 35.5. The number of fused-ring (bicyclic) bond motifs is 1. The van der Waals surface area contributed by atoms with Crippen molar-refractivity contribution in [2.45, 2.75) is 6.92 Å². The molecule has 0 aromatic carbocycles. The van der Waals surface area contributed by atoms with E-state index < -0.39 is 10.0 Å². The predicted octanol–water partition coefficient (Wildman–Crippen LogP) is 2.49. The number of thiazole rings is 1. The minimum Gasteiger partial charge on any atom is -0.480 e. The van der Waals surface area contributed by atoms with Gasteiger partial charge in [0.25, 0.3) is 0 Å². The zero-order valence-corrected chi connectivity index (χ0v) is 15.3. The number of anilines is 1. The van der Waals surface area contributed by atoms with Crippen molar-refractivity contribution in [3.05, 3.63) is 23.2 Å². The number of methoxy groups -OCH3 is 1. The molecule has 0 amide bonds. The standard InChI is InChI=1S/C13H12ClN5O3S2/c1-6-9-12(18-13(14)16-6)23-11(17-9)7-4-8(19-24(3,20)21)10(22-2)15-5-7/h4-5,19H,1-3H3. The molecule has 0 radical (unpaired) electrons. The second-order valence-corrected chi connectivity index (χ2v) is 7.97. The van der Waals surface area contributed by atoms with Gasteiger partial charge in [0.2, 0.25) is 21.2 Å². The number of pyridine rings is 1. The average Bonchev–Trinajstić information content (AvgIpc) is 2.89. The summed E-state index contributed by atoms with van der Waals surface area (Å²) < 4.78 is 30.5. The Morgan fingerprint density at radius 2 is 2.04 bits per heavy atom. The van der Waals surface area contributed by atoms with Gasteiger partial charge in [0.05, 0.1) is 19.1 Å². The molecule has 0 unspecified atom stereocenters. The van der Waals surface area contributed by atoms with Gasteiger partial charge in [-0.25, -0.2) is 28.4 Å². The number of hydrogen-bond acceptors (Lipinski definition) is 8. The van der Waals surface area contributed by atoms with E-state index in [1.165, 1.54) is 18.4 Å². The minimum absolute atomic E-state index is 0.155. The fourth-order valence-corrected chi connectivity index (χ4v) is 3.83. The van der Waals surface area contributed by atoms with Crippen molar-refractivity contribution in [1.82, 2.24) is 19.9 Å². The summed E-state index contributed by atoms with van der Waals surface area (Å²) in [5, 5.41) is 0.777. The van der Waals surface area contributed by atoms with Gasteiger partial charge in [-0.2, -0.15) is 0 Å². The SMILES string of the molecule is COc1ncc(-c2nc3c(C)nc(Cl)nc3s2)cc1NS(C)(=O)=O. The molecule has 3 aromatic heterocycles. The summed E-state index contributed by atoms with van der Waals surface area (Å²) in [4.78, 5) is 17.5. The summed E-state index contributed by atoms with van der Waals surface area (Å²) in [6, 6.07) is 1.61. The smallest absolute Gasteiger partial charge is 0.238 e. The highest BCUT2D eigenvalue weighted by molar-refractivity contribution is 7.92. The maximum atomic E-state index is 11.5. The van der Waals surface area contributed by atoms with E-state index in [9.17, 15) is 8.42 Å². The lowest BCUT2D eigenvalue weighted by Gasteiger charge is -2.09. The van der Waals surface area contributed by atoms with Gasteiger partial charge in [0.15, 0.2) is 0 Å². The number of nitrogens with zero attached hydrogens (tertiary/aromatic N) is 4. The first-order chi connectivity index (χ1) is 11.3. The maximum absolute atomic E-state index is 11.5. The van der Waals surface area contributed by atoms with Gasteiger partial charge >= 0.3 is 0 Å². The molecule has 3 rings (SSSR count). The van der Waals surface area contributed by atoms with E-state index in [2.05, 4.69) is 24.7 Å². The van der Waals surface area contributed by atoms with Crippen LogP contribution in [-0.2, 0) is 10.0 Å². The molecular weight excluding hydrogens is 374 g/mol. The molecule has 0 aliphatic rings. The van der Waals surface area contributed by atoms with Gasteiger partial charge in [0, 0.05) is 11.8 Å². The van der Waals surface area contributed by atoms with Crippen molar-refractivity contribution < 1.29 is 13.2 Å². The van der Waals surface area contributed by atoms with E-state index >= 15 is 0 Å². The van der Waals surface area contributed by atoms with E-state index in [0.29, 0.717) is 26.6 Å². The van der Waals surface area contributed by atoms with Gasteiger partial charge in [-0.1, -0.05) is 11.3 Å². The highest BCUT2D eigenvalue weighted by Crippen LogP contribution is 2.34. The van der Waals surface area contributed by atoms with Crippen molar-refractivity contribution in [3.8, 4) is 16.5 Å². The van der Waals surface area contributed by atoms with Crippen molar-refractivity contribution in [3.63, 3.8) is 0 Å². The summed E-state index contributed by atoms with van der Waals surface area (Å²) in [5.74, 6) is 0.171. The number of ether oxygens (including phenoxy) is 1. The number of aryl methyl sites for hydroxylation is 1. The van der Waals surface area contributed by atoms with Crippen LogP contribution >= 0.6 is 22.9 Å². The molecule has 0 atom stereocenters. The van der Waals surface area contributed by atoms with E-state index in [-0.39, 0.29) is 16.9 Å². The molecule has 0 fully saturated rings. The Kier molecular flexibility index (Phi) is 4.28. The molecule has 0 saturated carbocycles. The Balaban J connectivity index is 2.12. The number of hydrogen-bond donors (Lipinski definition) is 1. The van der Waals surface area contributed by atoms with Gasteiger partial charge in [-0.15, -0.1) is 0 Å². The summed E-state index contributed by atoms with van der Waals surface area (Å²) in [6.45, 7) is 1.79. The van der Waals surface area contributed by atoms with Crippen LogP contribution in [0.5, 0.6) is 5.88 Å². The van der Waals surface area contributed by atoms with Gasteiger partial charge < -0.3 is 4.74 Å². The Labute approximate surface area is 147 Å². The first-order valence-corrected chi connectivity index (χ1v) is 9.68. The molecule has 0 bridgehead atoms. The van der Waals surface area contributed by atoms with Gasteiger partial charge in [0.1, 0.15) is 21.0 Å². The Bertz CT molecular complexity index is 1040. The van der Waals surface area contributed by atoms with Crippen LogP contribution in [0.3, 0.4) is 0 Å². The lowest BCUT2D eigenvalue weighted by molar-refractivity contribution is 0.400. The first kappa shape index (κ1) is 16.8. The van der Waals surface area contributed by atoms with E-state index in [1.54, 1.807) is 19.2 Å². The summed E-state index contributed by atoms with van der Waals surface area (Å²) in [6.07, 6.45) is 2.60. The molecule has 0 aliphatic carbocycles. The molecule has 24 heavy (non-hydrogen) atoms. The maximum Gasteiger partial charge on any atom is 0.238 e. The quantitative estimate of drug-likeness (QED) is 0.687. The fraction of sp³-hybridized carbons (Fsp3) is 0.231. The molecule has 11 heteroatoms. The monoisotopic (exact) mass is 385 g/mol. The first-order valence-electron chi connectivity index (χ1n) is 6.59. The summed E-state index contributed by atoms with van der Waals surface area (Å²) >= 11 is 7.18. The second-order valence-electron chi connectivity index (χ2n) is 4.91. The van der Waals surface area contributed by atoms with Crippen LogP contribution in [0, 0.1) is 6.92 Å². The van der Waals surface area contributed by atoms with Crippen LogP contribution in [0.15, 0.2) is 12.3 Å².